The van der Waals surface area contributed by atoms with Crippen molar-refractivity contribution in [2.75, 3.05) is 35.2 Å². The second kappa shape index (κ2) is 12.0. The smallest absolute Gasteiger partial charge is 0.303 e. The molecule has 0 aromatic carbocycles. The van der Waals surface area contributed by atoms with Gasteiger partial charge in [0, 0.05) is 6.92 Å². The van der Waals surface area contributed by atoms with E-state index in [1.54, 1.807) is 0 Å². The molecule has 1 fully saturated rings. The molecule has 0 amide bonds. The molecule has 0 bridgehead atoms. The van der Waals surface area contributed by atoms with Crippen molar-refractivity contribution in [3.63, 3.8) is 0 Å². The molecular formula is C13H24N5O12-5. The predicted octanol–water partition coefficient (Wildman–Crippen LogP) is -1.42. The van der Waals surface area contributed by atoms with Gasteiger partial charge in [0.05, 0.1) is 0 Å². The lowest BCUT2D eigenvalue weighted by molar-refractivity contribution is -0.384. The van der Waals surface area contributed by atoms with E-state index in [0.717, 1.165) is 42.2 Å². The van der Waals surface area contributed by atoms with Crippen LogP contribution in [0.2, 0.25) is 0 Å². The zero-order valence-electron chi connectivity index (χ0n) is 17.1. The molecule has 0 aromatic rings. The summed E-state index contributed by atoms with van der Waals surface area (Å²) in [5, 5.41) is 57.7. The van der Waals surface area contributed by atoms with E-state index in [1.165, 1.54) is 0 Å². The fraction of sp³-hybridized carbons (Fsp3) is 0.923. The summed E-state index contributed by atoms with van der Waals surface area (Å²) in [5.41, 5.74) is 0. The van der Waals surface area contributed by atoms with Gasteiger partial charge in [-0.25, -0.2) is 0 Å². The zero-order chi connectivity index (χ0) is 23.2. The van der Waals surface area contributed by atoms with Crippen molar-refractivity contribution >= 4 is 5.97 Å². The van der Waals surface area contributed by atoms with Crippen molar-refractivity contribution in [2.24, 2.45) is 0 Å². The number of rotatable bonds is 11. The van der Waals surface area contributed by atoms with E-state index >= 15 is 0 Å². The van der Waals surface area contributed by atoms with Crippen molar-refractivity contribution in [1.29, 1.82) is 0 Å². The van der Waals surface area contributed by atoms with Crippen LogP contribution < -0.4 is 0 Å². The van der Waals surface area contributed by atoms with Gasteiger partial charge in [-0.15, -0.1) is 0 Å². The Morgan fingerprint density at radius 2 is 0.733 bits per heavy atom. The van der Waals surface area contributed by atoms with Crippen molar-refractivity contribution in [3.05, 3.63) is 26.0 Å². The normalized spacial score (nSPS) is 30.1. The lowest BCUT2D eigenvalue weighted by atomic mass is 9.84. The standard InChI is InChI=1S/C13H24N5O12/c1-7(19)25-8-9(26-14(2)20)11(28-16(4)22)13(30-18(6)24)12(29-17(5)23)10(8)27-15(3)21/h8-13H,1-6H3/q-5. The molecule has 0 aliphatic heterocycles. The molecule has 17 nitrogen and oxygen atoms in total. The molecule has 178 valence electrons. The monoisotopic (exact) mass is 442 g/mol. The Labute approximate surface area is 171 Å². The Morgan fingerprint density at radius 3 is 0.900 bits per heavy atom. The Morgan fingerprint density at radius 1 is 0.533 bits per heavy atom. The minimum atomic E-state index is -1.65. The fourth-order valence-corrected chi connectivity index (χ4v) is 2.90. The number of carbonyl (C=O) groups excluding carboxylic acids is 1. The highest BCUT2D eigenvalue weighted by atomic mass is 16.9. The number of hydrogen-bond acceptors (Lipinski definition) is 17. The van der Waals surface area contributed by atoms with Crippen LogP contribution in [-0.2, 0) is 33.7 Å². The van der Waals surface area contributed by atoms with Gasteiger partial charge in [-0.2, -0.15) is 0 Å². The zero-order valence-corrected chi connectivity index (χ0v) is 17.1. The molecule has 1 aliphatic rings. The van der Waals surface area contributed by atoms with E-state index in [0.29, 0.717) is 0 Å². The molecule has 0 spiro atoms. The largest absolute Gasteiger partial charge is 0.762 e. The highest BCUT2D eigenvalue weighted by molar-refractivity contribution is 5.66. The van der Waals surface area contributed by atoms with Crippen LogP contribution in [0.15, 0.2) is 0 Å². The number of hydroxylamine groups is 10. The van der Waals surface area contributed by atoms with E-state index in [9.17, 15) is 30.8 Å². The van der Waals surface area contributed by atoms with E-state index < -0.39 is 42.6 Å². The highest BCUT2D eigenvalue weighted by Crippen LogP contribution is 2.35. The summed E-state index contributed by atoms with van der Waals surface area (Å²) in [6.07, 6.45) is -9.85. The first-order chi connectivity index (χ1) is 13.8. The maximum absolute atomic E-state index is 11.7. The maximum Gasteiger partial charge on any atom is 0.303 e. The van der Waals surface area contributed by atoms with Crippen LogP contribution >= 0.6 is 0 Å². The van der Waals surface area contributed by atoms with Crippen molar-refractivity contribution in [1.82, 2.24) is 26.1 Å². The molecule has 17 heteroatoms. The summed E-state index contributed by atoms with van der Waals surface area (Å²) >= 11 is 0. The van der Waals surface area contributed by atoms with Crippen LogP contribution in [0.25, 0.3) is 0 Å². The van der Waals surface area contributed by atoms with E-state index in [-0.39, 0.29) is 26.1 Å². The van der Waals surface area contributed by atoms with E-state index in [4.69, 9.17) is 28.9 Å². The van der Waals surface area contributed by atoms with Gasteiger partial charge in [0.15, 0.2) is 6.10 Å². The van der Waals surface area contributed by atoms with Gasteiger partial charge in [-0.1, -0.05) is 0 Å². The first-order valence-electron chi connectivity index (χ1n) is 8.38. The summed E-state index contributed by atoms with van der Waals surface area (Å²) in [7, 11) is 4.66. The number of hydrogen-bond donors (Lipinski definition) is 0. The SMILES string of the molecule is CC(=O)OC1C(ON(C)[O-])C(ON(C)[O-])C(ON(C)[O-])C(ON(C)[O-])C1ON(C)[O-]. The average molecular weight is 442 g/mol. The number of carbonyl (C=O) groups is 1. The molecule has 0 saturated heterocycles. The molecule has 1 rings (SSSR count). The van der Waals surface area contributed by atoms with Crippen LogP contribution in [0.1, 0.15) is 6.92 Å². The second-order valence-electron chi connectivity index (χ2n) is 6.12. The third-order valence-electron chi connectivity index (χ3n) is 3.60. The van der Waals surface area contributed by atoms with Crippen molar-refractivity contribution in [2.45, 2.75) is 43.5 Å². The molecule has 4 atom stereocenters. The Balaban J connectivity index is 3.57. The molecule has 1 aliphatic carbocycles. The summed E-state index contributed by atoms with van der Waals surface area (Å²) in [6.45, 7) is 1.01. The van der Waals surface area contributed by atoms with Gasteiger partial charge in [-0.05, 0) is 35.2 Å². The molecule has 30 heavy (non-hydrogen) atoms. The minimum Gasteiger partial charge on any atom is -0.762 e. The molecule has 0 aromatic heterocycles. The van der Waals surface area contributed by atoms with Crippen LogP contribution in [-0.4, -0.2) is 104 Å². The minimum absolute atomic E-state index is 0.0425. The predicted molar refractivity (Wildman–Crippen MR) is 95.6 cm³/mol. The van der Waals surface area contributed by atoms with Gasteiger partial charge in [0.25, 0.3) is 0 Å². The topological polar surface area (TPSA) is 204 Å². The van der Waals surface area contributed by atoms with Crippen LogP contribution in [0.3, 0.4) is 0 Å². The summed E-state index contributed by atoms with van der Waals surface area (Å²) in [6, 6.07) is 0. The molecule has 4 unspecified atom stereocenters. The van der Waals surface area contributed by atoms with Crippen molar-refractivity contribution < 1.29 is 33.7 Å². The summed E-state index contributed by atoms with van der Waals surface area (Å²) in [5.74, 6) is -0.895. The van der Waals surface area contributed by atoms with E-state index in [2.05, 4.69) is 0 Å². The lowest BCUT2D eigenvalue weighted by Gasteiger charge is -2.53. The fourth-order valence-electron chi connectivity index (χ4n) is 2.90. The van der Waals surface area contributed by atoms with Gasteiger partial charge < -0.3 is 55.0 Å². The molecule has 1 saturated carbocycles. The summed E-state index contributed by atoms with van der Waals surface area (Å²) < 4.78 is 5.13. The molecule has 0 radical (unpaired) electrons. The third-order valence-corrected chi connectivity index (χ3v) is 3.60. The van der Waals surface area contributed by atoms with Crippen LogP contribution in [0, 0.1) is 26.0 Å². The number of nitrogens with zero attached hydrogens (tertiary/aromatic N) is 5. The first kappa shape index (κ1) is 26.9. The van der Waals surface area contributed by atoms with Crippen LogP contribution in [0.5, 0.6) is 0 Å². The molecule has 0 heterocycles. The Kier molecular flexibility index (Phi) is 10.8. The highest BCUT2D eigenvalue weighted by Gasteiger charge is 2.58. The number of ether oxygens (including phenoxy) is 1. The Bertz CT molecular complexity index is 493. The molecule has 0 N–H and O–H groups in total. The first-order valence-corrected chi connectivity index (χ1v) is 8.38. The van der Waals surface area contributed by atoms with Gasteiger partial charge in [0.2, 0.25) is 0 Å². The maximum atomic E-state index is 11.7. The molecular weight excluding hydrogens is 418 g/mol. The van der Waals surface area contributed by atoms with Gasteiger partial charge in [0.1, 0.15) is 30.5 Å². The van der Waals surface area contributed by atoms with Gasteiger partial charge >= 0.3 is 5.97 Å². The number of esters is 1. The summed E-state index contributed by atoms with van der Waals surface area (Å²) in [4.78, 5) is 36.9. The third kappa shape index (κ3) is 8.19. The Hall–Kier alpha value is -1.13. The van der Waals surface area contributed by atoms with Crippen LogP contribution in [0.4, 0.5) is 0 Å². The van der Waals surface area contributed by atoms with E-state index in [1.807, 2.05) is 0 Å². The van der Waals surface area contributed by atoms with Crippen molar-refractivity contribution in [3.8, 4) is 0 Å². The van der Waals surface area contributed by atoms with Gasteiger partial charge in [-0.3, -0.25) is 30.9 Å². The second-order valence-corrected chi connectivity index (χ2v) is 6.12. The quantitative estimate of drug-likeness (QED) is 0.266. The average Bonchev–Trinajstić information content (AvgIpc) is 2.55. The lowest BCUT2D eigenvalue weighted by Crippen LogP contribution is -2.70.